The molecule has 1 aliphatic heterocycles. The first-order chi connectivity index (χ1) is 6.72. The first-order valence-corrected chi connectivity index (χ1v) is 5.91. The summed E-state index contributed by atoms with van der Waals surface area (Å²) in [6, 6.07) is 0. The van der Waals surface area contributed by atoms with E-state index in [-0.39, 0.29) is 11.4 Å². The van der Waals surface area contributed by atoms with Crippen LogP contribution in [0.4, 0.5) is 0 Å². The number of thiol groups is 1. The van der Waals surface area contributed by atoms with Crippen molar-refractivity contribution in [1.29, 1.82) is 0 Å². The summed E-state index contributed by atoms with van der Waals surface area (Å²) >= 11 is 5.56. The Morgan fingerprint density at radius 1 is 1.86 bits per heavy atom. The summed E-state index contributed by atoms with van der Waals surface area (Å²) in [4.78, 5) is 10.8. The second kappa shape index (κ2) is 6.16. The highest BCUT2D eigenvalue weighted by atomic mass is 32.2. The van der Waals surface area contributed by atoms with Crippen LogP contribution in [0.25, 0.3) is 0 Å². The molecule has 1 unspecified atom stereocenters. The molecular weight excluding hydrogens is 216 g/mol. The Morgan fingerprint density at radius 3 is 3.21 bits per heavy atom. The molecule has 1 saturated heterocycles. The van der Waals surface area contributed by atoms with Crippen LogP contribution in [0.15, 0.2) is 23.1 Å². The number of rotatable bonds is 4. The Morgan fingerprint density at radius 2 is 2.64 bits per heavy atom. The number of carbonyl (C=O) groups excluding carboxylic acids is 1. The number of allylic oxidation sites excluding steroid dienone is 2. The minimum absolute atomic E-state index is 0.0616. The largest absolute Gasteiger partial charge is 0.331 e. The minimum Gasteiger partial charge on any atom is -0.331 e. The van der Waals surface area contributed by atoms with Crippen molar-refractivity contribution in [3.8, 4) is 0 Å². The summed E-state index contributed by atoms with van der Waals surface area (Å²) in [5, 5.41) is 7.71. The van der Waals surface area contributed by atoms with E-state index < -0.39 is 0 Å². The van der Waals surface area contributed by atoms with E-state index >= 15 is 0 Å². The Balaban J connectivity index is 2.21. The Kier molecular flexibility index (Phi) is 5.14. The summed E-state index contributed by atoms with van der Waals surface area (Å²) < 4.78 is 0. The van der Waals surface area contributed by atoms with E-state index in [9.17, 15) is 4.79 Å². The third-order valence-electron chi connectivity index (χ3n) is 1.74. The molecule has 1 atom stereocenters. The highest BCUT2D eigenvalue weighted by molar-refractivity contribution is 8.00. The molecule has 1 rings (SSSR count). The highest BCUT2D eigenvalue weighted by Gasteiger charge is 2.19. The molecule has 0 bridgehead atoms. The molecule has 1 amide bonds. The molecule has 78 valence electrons. The van der Waals surface area contributed by atoms with Crippen LogP contribution in [0, 0.1) is 0 Å². The normalized spacial score (nSPS) is 23.1. The van der Waals surface area contributed by atoms with Crippen molar-refractivity contribution < 1.29 is 4.79 Å². The Labute approximate surface area is 93.8 Å². The van der Waals surface area contributed by atoms with E-state index in [1.54, 1.807) is 17.2 Å². The van der Waals surface area contributed by atoms with Gasteiger partial charge in [-0.3, -0.25) is 10.1 Å². The van der Waals surface area contributed by atoms with Gasteiger partial charge in [-0.1, -0.05) is 17.7 Å². The maximum absolute atomic E-state index is 10.8. The van der Waals surface area contributed by atoms with Gasteiger partial charge in [-0.25, -0.2) is 0 Å². The number of nitrogens with one attached hydrogen (secondary N) is 2. The molecule has 0 aromatic heterocycles. The fourth-order valence-corrected chi connectivity index (χ4v) is 2.08. The Bertz CT molecular complexity index is 264. The summed E-state index contributed by atoms with van der Waals surface area (Å²) in [6.07, 6.45) is 3.98. The molecule has 5 heteroatoms. The van der Waals surface area contributed by atoms with Gasteiger partial charge in [0.15, 0.2) is 0 Å². The lowest BCUT2D eigenvalue weighted by Crippen LogP contribution is -2.37. The molecule has 14 heavy (non-hydrogen) atoms. The SMILES string of the molecule is CC(/C=C\S)=C\CNC1NC(=O)CS1. The van der Waals surface area contributed by atoms with Crippen molar-refractivity contribution >= 4 is 30.3 Å². The van der Waals surface area contributed by atoms with E-state index in [2.05, 4.69) is 29.3 Å². The van der Waals surface area contributed by atoms with Gasteiger partial charge < -0.3 is 5.32 Å². The molecule has 0 saturated carbocycles. The number of thioether (sulfide) groups is 1. The van der Waals surface area contributed by atoms with Crippen molar-refractivity contribution in [2.45, 2.75) is 12.4 Å². The van der Waals surface area contributed by atoms with E-state index in [0.29, 0.717) is 5.75 Å². The second-order valence-electron chi connectivity index (χ2n) is 2.93. The predicted octanol–water partition coefficient (Wildman–Crippen LogP) is 1.11. The predicted molar refractivity (Wildman–Crippen MR) is 64.3 cm³/mol. The molecular formula is C9H14N2OS2. The van der Waals surface area contributed by atoms with E-state index in [4.69, 9.17) is 0 Å². The quantitative estimate of drug-likeness (QED) is 0.500. The number of carbonyl (C=O) groups is 1. The van der Waals surface area contributed by atoms with Crippen molar-refractivity contribution in [1.82, 2.24) is 10.6 Å². The molecule has 3 nitrogen and oxygen atoms in total. The molecule has 0 radical (unpaired) electrons. The van der Waals surface area contributed by atoms with Crippen LogP contribution in [0.3, 0.4) is 0 Å². The highest BCUT2D eigenvalue weighted by Crippen LogP contribution is 2.11. The fourth-order valence-electron chi connectivity index (χ4n) is 1.01. The van der Waals surface area contributed by atoms with Gasteiger partial charge in [-0.2, -0.15) is 12.6 Å². The lowest BCUT2D eigenvalue weighted by atomic mass is 10.3. The summed E-state index contributed by atoms with van der Waals surface area (Å²) in [7, 11) is 0. The Hall–Kier alpha value is -0.390. The van der Waals surface area contributed by atoms with E-state index in [1.165, 1.54) is 0 Å². The second-order valence-corrected chi connectivity index (χ2v) is 4.32. The van der Waals surface area contributed by atoms with E-state index in [1.807, 2.05) is 13.0 Å². The molecule has 1 heterocycles. The summed E-state index contributed by atoms with van der Waals surface area (Å²) in [5.41, 5.74) is 1.22. The molecule has 2 N–H and O–H groups in total. The average molecular weight is 230 g/mol. The zero-order valence-electron chi connectivity index (χ0n) is 7.99. The van der Waals surface area contributed by atoms with Gasteiger partial charge in [0.2, 0.25) is 5.91 Å². The topological polar surface area (TPSA) is 41.1 Å². The van der Waals surface area contributed by atoms with Crippen LogP contribution in [-0.4, -0.2) is 23.7 Å². The zero-order chi connectivity index (χ0) is 10.4. The summed E-state index contributed by atoms with van der Waals surface area (Å²) in [5.74, 6) is 0.653. The van der Waals surface area contributed by atoms with Gasteiger partial charge in [0.1, 0.15) is 5.50 Å². The minimum atomic E-state index is 0.0616. The van der Waals surface area contributed by atoms with Crippen molar-refractivity contribution in [3.63, 3.8) is 0 Å². The van der Waals surface area contributed by atoms with Gasteiger partial charge >= 0.3 is 0 Å². The lowest BCUT2D eigenvalue weighted by molar-refractivity contribution is -0.118. The van der Waals surface area contributed by atoms with Gasteiger partial charge in [-0.15, -0.1) is 11.8 Å². The van der Waals surface area contributed by atoms with E-state index in [0.717, 1.165) is 12.1 Å². The van der Waals surface area contributed by atoms with Gasteiger partial charge in [0, 0.05) is 6.54 Å². The van der Waals surface area contributed by atoms with Gasteiger partial charge in [0.05, 0.1) is 5.75 Å². The first-order valence-electron chi connectivity index (χ1n) is 4.34. The standard InChI is InChI=1S/C9H14N2OS2/c1-7(3-5-13)2-4-10-9-11-8(12)6-14-9/h2-3,5,9-10,13H,4,6H2,1H3,(H,11,12)/b5-3-,7-2+. The maximum atomic E-state index is 10.8. The van der Waals surface area contributed by atoms with Crippen LogP contribution in [-0.2, 0) is 4.79 Å². The van der Waals surface area contributed by atoms with Crippen LogP contribution in [0.1, 0.15) is 6.92 Å². The van der Waals surface area contributed by atoms with Crippen LogP contribution in [0.2, 0.25) is 0 Å². The number of amides is 1. The third kappa shape index (κ3) is 4.21. The molecule has 0 aliphatic carbocycles. The lowest BCUT2D eigenvalue weighted by Gasteiger charge is -2.09. The summed E-state index contributed by atoms with van der Waals surface area (Å²) in [6.45, 7) is 2.76. The molecule has 0 aromatic rings. The third-order valence-corrected chi connectivity index (χ3v) is 2.93. The van der Waals surface area contributed by atoms with Crippen molar-refractivity contribution in [3.05, 3.63) is 23.1 Å². The molecule has 0 aromatic carbocycles. The first kappa shape index (κ1) is 11.7. The van der Waals surface area contributed by atoms with Crippen LogP contribution >= 0.6 is 24.4 Å². The van der Waals surface area contributed by atoms with Crippen molar-refractivity contribution in [2.75, 3.05) is 12.3 Å². The van der Waals surface area contributed by atoms with Crippen LogP contribution in [0.5, 0.6) is 0 Å². The number of hydrogen-bond acceptors (Lipinski definition) is 4. The zero-order valence-corrected chi connectivity index (χ0v) is 9.70. The van der Waals surface area contributed by atoms with Gasteiger partial charge in [0.25, 0.3) is 0 Å². The fraction of sp³-hybridized carbons (Fsp3) is 0.444. The number of hydrogen-bond donors (Lipinski definition) is 3. The molecule has 1 aliphatic rings. The maximum Gasteiger partial charge on any atom is 0.231 e. The molecule has 0 spiro atoms. The van der Waals surface area contributed by atoms with Gasteiger partial charge in [-0.05, 0) is 12.3 Å². The van der Waals surface area contributed by atoms with Crippen LogP contribution < -0.4 is 10.6 Å². The molecule has 1 fully saturated rings. The monoisotopic (exact) mass is 230 g/mol. The van der Waals surface area contributed by atoms with Crippen molar-refractivity contribution in [2.24, 2.45) is 0 Å². The smallest absolute Gasteiger partial charge is 0.231 e. The average Bonchev–Trinajstić information content (AvgIpc) is 2.52.